The van der Waals surface area contributed by atoms with Crippen LogP contribution < -0.4 is 10.5 Å². The van der Waals surface area contributed by atoms with E-state index in [1.54, 1.807) is 16.8 Å². The smallest absolute Gasteiger partial charge is 0.261 e. The molecule has 148 valence electrons. The fourth-order valence-corrected chi connectivity index (χ4v) is 4.29. The zero-order valence-corrected chi connectivity index (χ0v) is 16.2. The van der Waals surface area contributed by atoms with Crippen molar-refractivity contribution < 1.29 is 5.11 Å². The summed E-state index contributed by atoms with van der Waals surface area (Å²) in [4.78, 5) is 24.8. The van der Waals surface area contributed by atoms with Crippen LogP contribution in [0.1, 0.15) is 30.4 Å². The maximum absolute atomic E-state index is 13.1. The molecule has 0 spiro atoms. The lowest BCUT2D eigenvalue weighted by Crippen LogP contribution is -2.34. The van der Waals surface area contributed by atoms with Crippen molar-refractivity contribution in [2.45, 2.75) is 32.4 Å². The number of anilines is 1. The van der Waals surface area contributed by atoms with Crippen molar-refractivity contribution in [3.05, 3.63) is 64.5 Å². The topological polar surface area (TPSA) is 88.5 Å². The maximum atomic E-state index is 13.1. The standard InChI is InChI=1S/C21H22N6O2/c1-14-13-19(27-18(23-14)8-9-22-27)25-10-4-7-17(25)20-24-16-6-3-2-5-15(16)21(29)26(20)11-12-28/h2-3,5-6,8-9,13,17,28H,4,7,10-12H2,1H3. The van der Waals surface area contributed by atoms with E-state index in [-0.39, 0.29) is 24.8 Å². The SMILES string of the molecule is Cc1cc(N2CCCC2c2nc3ccccc3c(=O)n2CCO)n2nccc2n1. The van der Waals surface area contributed by atoms with Gasteiger partial charge in [-0.2, -0.15) is 9.61 Å². The molecule has 0 amide bonds. The normalized spacial score (nSPS) is 16.9. The Balaban J connectivity index is 1.70. The molecule has 1 aliphatic rings. The largest absolute Gasteiger partial charge is 0.395 e. The van der Waals surface area contributed by atoms with Crippen LogP contribution in [0.4, 0.5) is 5.82 Å². The monoisotopic (exact) mass is 390 g/mol. The summed E-state index contributed by atoms with van der Waals surface area (Å²) in [6.07, 6.45) is 3.60. The van der Waals surface area contributed by atoms with Gasteiger partial charge in [0.2, 0.25) is 0 Å². The second kappa shape index (κ2) is 6.97. The Hall–Kier alpha value is -3.26. The van der Waals surface area contributed by atoms with Crippen LogP contribution in [-0.4, -0.2) is 42.4 Å². The zero-order valence-electron chi connectivity index (χ0n) is 16.2. The van der Waals surface area contributed by atoms with E-state index < -0.39 is 0 Å². The highest BCUT2D eigenvalue weighted by Crippen LogP contribution is 2.35. The molecule has 0 aliphatic carbocycles. The van der Waals surface area contributed by atoms with Crippen molar-refractivity contribution in [2.75, 3.05) is 18.1 Å². The van der Waals surface area contributed by atoms with E-state index in [4.69, 9.17) is 4.98 Å². The number of benzene rings is 1. The van der Waals surface area contributed by atoms with Crippen molar-refractivity contribution in [1.82, 2.24) is 24.1 Å². The number of aliphatic hydroxyl groups excluding tert-OH is 1. The van der Waals surface area contributed by atoms with E-state index in [1.807, 2.05) is 41.8 Å². The van der Waals surface area contributed by atoms with Gasteiger partial charge in [-0.25, -0.2) is 9.97 Å². The number of rotatable bonds is 4. The van der Waals surface area contributed by atoms with Crippen molar-refractivity contribution in [1.29, 1.82) is 0 Å². The zero-order chi connectivity index (χ0) is 20.0. The fraction of sp³-hybridized carbons (Fsp3) is 0.333. The molecule has 4 aromatic rings. The Morgan fingerprint density at radius 1 is 1.21 bits per heavy atom. The lowest BCUT2D eigenvalue weighted by atomic mass is 10.1. The van der Waals surface area contributed by atoms with Gasteiger partial charge in [0.1, 0.15) is 11.6 Å². The molecule has 1 saturated heterocycles. The van der Waals surface area contributed by atoms with Gasteiger partial charge in [-0.05, 0) is 31.9 Å². The Morgan fingerprint density at radius 3 is 2.93 bits per heavy atom. The van der Waals surface area contributed by atoms with Gasteiger partial charge in [0.25, 0.3) is 5.56 Å². The Bertz CT molecular complexity index is 1260. The number of fused-ring (bicyclic) bond motifs is 2. The van der Waals surface area contributed by atoms with Crippen LogP contribution in [0.5, 0.6) is 0 Å². The fourth-order valence-electron chi connectivity index (χ4n) is 4.29. The van der Waals surface area contributed by atoms with Crippen molar-refractivity contribution in [3.8, 4) is 0 Å². The summed E-state index contributed by atoms with van der Waals surface area (Å²) in [6.45, 7) is 2.92. The van der Waals surface area contributed by atoms with E-state index in [1.165, 1.54) is 0 Å². The van der Waals surface area contributed by atoms with Crippen LogP contribution >= 0.6 is 0 Å². The molecule has 5 rings (SSSR count). The molecule has 1 aliphatic heterocycles. The third-order valence-corrected chi connectivity index (χ3v) is 5.53. The molecule has 4 heterocycles. The summed E-state index contributed by atoms with van der Waals surface area (Å²) in [5.74, 6) is 1.63. The van der Waals surface area contributed by atoms with Gasteiger partial charge in [-0.1, -0.05) is 12.1 Å². The second-order valence-electron chi connectivity index (χ2n) is 7.38. The van der Waals surface area contributed by atoms with Gasteiger partial charge < -0.3 is 10.0 Å². The molecular formula is C21H22N6O2. The van der Waals surface area contributed by atoms with Crippen LogP contribution in [0.25, 0.3) is 16.6 Å². The summed E-state index contributed by atoms with van der Waals surface area (Å²) >= 11 is 0. The van der Waals surface area contributed by atoms with Crippen LogP contribution in [0.15, 0.2) is 47.4 Å². The summed E-state index contributed by atoms with van der Waals surface area (Å²) < 4.78 is 3.46. The van der Waals surface area contributed by atoms with Gasteiger partial charge in [0, 0.05) is 24.4 Å². The Kier molecular flexibility index (Phi) is 4.28. The van der Waals surface area contributed by atoms with E-state index in [0.29, 0.717) is 16.7 Å². The molecule has 8 nitrogen and oxygen atoms in total. The molecule has 1 fully saturated rings. The summed E-state index contributed by atoms with van der Waals surface area (Å²) in [6, 6.07) is 11.2. The predicted octanol–water partition coefficient (Wildman–Crippen LogP) is 2.08. The Labute approximate surface area is 167 Å². The first-order chi connectivity index (χ1) is 14.2. The quantitative estimate of drug-likeness (QED) is 0.574. The van der Waals surface area contributed by atoms with Crippen LogP contribution in [0, 0.1) is 6.92 Å². The average molecular weight is 390 g/mol. The van der Waals surface area contributed by atoms with Crippen LogP contribution in [0.3, 0.4) is 0 Å². The first kappa shape index (κ1) is 17.8. The third-order valence-electron chi connectivity index (χ3n) is 5.53. The third kappa shape index (κ3) is 2.87. The molecule has 0 saturated carbocycles. The summed E-state index contributed by atoms with van der Waals surface area (Å²) in [5.41, 5.74) is 2.29. The minimum atomic E-state index is -0.114. The molecule has 3 aromatic heterocycles. The first-order valence-electron chi connectivity index (χ1n) is 9.86. The molecule has 0 radical (unpaired) electrons. The van der Waals surface area contributed by atoms with Gasteiger partial charge in [-0.3, -0.25) is 9.36 Å². The van der Waals surface area contributed by atoms with Crippen LogP contribution in [0.2, 0.25) is 0 Å². The average Bonchev–Trinajstić information content (AvgIpc) is 3.39. The van der Waals surface area contributed by atoms with Crippen LogP contribution in [-0.2, 0) is 6.54 Å². The van der Waals surface area contributed by atoms with Crippen molar-refractivity contribution >= 4 is 22.4 Å². The summed E-state index contributed by atoms with van der Waals surface area (Å²) in [7, 11) is 0. The van der Waals surface area contributed by atoms with Gasteiger partial charge in [-0.15, -0.1) is 0 Å². The molecular weight excluding hydrogens is 368 g/mol. The second-order valence-corrected chi connectivity index (χ2v) is 7.38. The number of hydrogen-bond donors (Lipinski definition) is 1. The minimum Gasteiger partial charge on any atom is -0.395 e. The van der Waals surface area contributed by atoms with E-state index >= 15 is 0 Å². The molecule has 1 N–H and O–H groups in total. The van der Waals surface area contributed by atoms with Crippen molar-refractivity contribution in [2.24, 2.45) is 0 Å². The lowest BCUT2D eigenvalue weighted by molar-refractivity contribution is 0.270. The highest BCUT2D eigenvalue weighted by molar-refractivity contribution is 5.77. The molecule has 29 heavy (non-hydrogen) atoms. The molecule has 0 bridgehead atoms. The molecule has 1 atom stereocenters. The maximum Gasteiger partial charge on any atom is 0.261 e. The van der Waals surface area contributed by atoms with Gasteiger partial charge in [0.15, 0.2) is 5.65 Å². The molecule has 8 heteroatoms. The van der Waals surface area contributed by atoms with Gasteiger partial charge in [0.05, 0.1) is 36.3 Å². The number of nitrogens with zero attached hydrogens (tertiary/aromatic N) is 6. The minimum absolute atomic E-state index is 0.0759. The molecule has 1 aromatic carbocycles. The highest BCUT2D eigenvalue weighted by Gasteiger charge is 2.32. The summed E-state index contributed by atoms with van der Waals surface area (Å²) in [5, 5.41) is 14.6. The van der Waals surface area contributed by atoms with E-state index in [0.717, 1.165) is 36.5 Å². The van der Waals surface area contributed by atoms with Crippen molar-refractivity contribution in [3.63, 3.8) is 0 Å². The number of aromatic nitrogens is 5. The number of aliphatic hydroxyl groups is 1. The van der Waals surface area contributed by atoms with E-state index in [9.17, 15) is 9.90 Å². The van der Waals surface area contributed by atoms with E-state index in [2.05, 4.69) is 15.0 Å². The number of aryl methyl sites for hydroxylation is 1. The van der Waals surface area contributed by atoms with Gasteiger partial charge >= 0.3 is 0 Å². The first-order valence-corrected chi connectivity index (χ1v) is 9.86. The Morgan fingerprint density at radius 2 is 2.07 bits per heavy atom. The number of hydrogen-bond acceptors (Lipinski definition) is 6. The molecule has 1 unspecified atom stereocenters. The predicted molar refractivity (Wildman–Crippen MR) is 110 cm³/mol. The lowest BCUT2D eigenvalue weighted by Gasteiger charge is -2.28. The number of para-hydroxylation sites is 1. The highest BCUT2D eigenvalue weighted by atomic mass is 16.3.